The average molecular weight is 265 g/mol. The molecule has 2 unspecified atom stereocenters. The first-order valence-corrected chi connectivity index (χ1v) is 6.34. The predicted molar refractivity (Wildman–Crippen MR) is 62.0 cm³/mol. The third kappa shape index (κ3) is 2.94. The van der Waals surface area contributed by atoms with Crippen LogP contribution < -0.4 is 0 Å². The van der Waals surface area contributed by atoms with Crippen LogP contribution in [0.5, 0.6) is 0 Å². The third-order valence-electron chi connectivity index (χ3n) is 2.95. The van der Waals surface area contributed by atoms with Crippen LogP contribution in [0.25, 0.3) is 0 Å². The second-order valence-electron chi connectivity index (χ2n) is 4.50. The van der Waals surface area contributed by atoms with Crippen molar-refractivity contribution in [2.24, 2.45) is 5.41 Å². The number of halogens is 1. The zero-order valence-corrected chi connectivity index (χ0v) is 11.0. The Morgan fingerprint density at radius 1 is 1.29 bits per heavy atom. The van der Waals surface area contributed by atoms with Crippen LogP contribution in [0.2, 0.25) is 0 Å². The second kappa shape index (κ2) is 5.47. The fraction of sp³-hybridized carbons (Fsp3) is 1.00. The fourth-order valence-corrected chi connectivity index (χ4v) is 2.25. The highest BCUT2D eigenvalue weighted by Crippen LogP contribution is 2.47. The summed E-state index contributed by atoms with van der Waals surface area (Å²) < 4.78 is 11.1. The van der Waals surface area contributed by atoms with Crippen molar-refractivity contribution in [1.82, 2.24) is 0 Å². The molecule has 0 heterocycles. The van der Waals surface area contributed by atoms with Crippen LogP contribution in [0.3, 0.4) is 0 Å². The van der Waals surface area contributed by atoms with Crippen molar-refractivity contribution in [3.8, 4) is 0 Å². The molecule has 0 bridgehead atoms. The van der Waals surface area contributed by atoms with E-state index in [0.717, 1.165) is 32.7 Å². The monoisotopic (exact) mass is 264 g/mol. The molecule has 0 N–H and O–H groups in total. The lowest BCUT2D eigenvalue weighted by atomic mass is 9.69. The van der Waals surface area contributed by atoms with E-state index < -0.39 is 0 Å². The summed E-state index contributed by atoms with van der Waals surface area (Å²) in [6, 6.07) is 0. The molecule has 0 aliphatic heterocycles. The highest BCUT2D eigenvalue weighted by Gasteiger charge is 2.47. The Morgan fingerprint density at radius 2 is 2.00 bits per heavy atom. The lowest BCUT2D eigenvalue weighted by Crippen LogP contribution is -2.51. The van der Waals surface area contributed by atoms with Crippen molar-refractivity contribution in [2.45, 2.75) is 44.5 Å². The molecule has 0 radical (unpaired) electrons. The minimum Gasteiger partial charge on any atom is -0.379 e. The molecule has 1 fully saturated rings. The molecule has 1 saturated carbocycles. The van der Waals surface area contributed by atoms with Gasteiger partial charge in [0.1, 0.15) is 0 Å². The Bertz CT molecular complexity index is 171. The van der Waals surface area contributed by atoms with Crippen molar-refractivity contribution in [2.75, 3.05) is 19.8 Å². The molecule has 0 spiro atoms. The van der Waals surface area contributed by atoms with Crippen LogP contribution in [0, 0.1) is 5.41 Å². The van der Waals surface area contributed by atoms with E-state index in [1.807, 2.05) is 0 Å². The van der Waals surface area contributed by atoms with E-state index >= 15 is 0 Å². The van der Waals surface area contributed by atoms with Gasteiger partial charge in [-0.15, -0.1) is 0 Å². The molecule has 2 atom stereocenters. The van der Waals surface area contributed by atoms with Crippen LogP contribution >= 0.6 is 15.9 Å². The summed E-state index contributed by atoms with van der Waals surface area (Å²) in [5, 5.41) is 0. The van der Waals surface area contributed by atoms with Gasteiger partial charge < -0.3 is 9.47 Å². The van der Waals surface area contributed by atoms with Crippen molar-refractivity contribution < 1.29 is 9.47 Å². The van der Waals surface area contributed by atoms with Gasteiger partial charge in [-0.1, -0.05) is 36.7 Å². The van der Waals surface area contributed by atoms with Crippen molar-refractivity contribution >= 4 is 15.9 Å². The maximum Gasteiger partial charge on any atom is 0.0704 e. The number of rotatable bonds is 6. The maximum atomic E-state index is 5.76. The lowest BCUT2D eigenvalue weighted by Gasteiger charge is -2.48. The molecular formula is C11H21BrO2. The molecule has 1 aliphatic carbocycles. The average Bonchev–Trinajstić information content (AvgIpc) is 2.16. The van der Waals surface area contributed by atoms with Gasteiger partial charge in [0.05, 0.1) is 19.3 Å². The largest absolute Gasteiger partial charge is 0.379 e. The smallest absolute Gasteiger partial charge is 0.0704 e. The van der Waals surface area contributed by atoms with Gasteiger partial charge in [-0.25, -0.2) is 0 Å². The van der Waals surface area contributed by atoms with Crippen molar-refractivity contribution in [3.63, 3.8) is 0 Å². The zero-order chi connectivity index (χ0) is 10.6. The summed E-state index contributed by atoms with van der Waals surface area (Å²) in [4.78, 5) is 0.608. The third-order valence-corrected chi connectivity index (χ3v) is 4.51. The summed E-state index contributed by atoms with van der Waals surface area (Å²) >= 11 is 3.64. The number of hydrogen-bond donors (Lipinski definition) is 0. The summed E-state index contributed by atoms with van der Waals surface area (Å²) in [6.45, 7) is 8.91. The van der Waals surface area contributed by atoms with E-state index in [4.69, 9.17) is 9.47 Å². The van der Waals surface area contributed by atoms with E-state index in [1.54, 1.807) is 0 Å². The second-order valence-corrected chi connectivity index (χ2v) is 5.60. The molecule has 14 heavy (non-hydrogen) atoms. The van der Waals surface area contributed by atoms with Gasteiger partial charge in [-0.3, -0.25) is 0 Å². The Kier molecular flexibility index (Phi) is 4.88. The summed E-state index contributed by atoms with van der Waals surface area (Å²) in [5.41, 5.74) is 0.282. The zero-order valence-electron chi connectivity index (χ0n) is 9.38. The molecule has 0 saturated heterocycles. The molecule has 2 nitrogen and oxygen atoms in total. The molecule has 0 aromatic carbocycles. The first-order valence-electron chi connectivity index (χ1n) is 5.42. The molecule has 3 heteroatoms. The van der Waals surface area contributed by atoms with Crippen LogP contribution in [-0.2, 0) is 9.47 Å². The SMILES string of the molecule is CCCOCCOC1CC(Br)C1(C)C. The van der Waals surface area contributed by atoms with Crippen LogP contribution in [0.15, 0.2) is 0 Å². The molecule has 0 aromatic rings. The number of hydrogen-bond acceptors (Lipinski definition) is 2. The first kappa shape index (κ1) is 12.5. The Morgan fingerprint density at radius 3 is 2.50 bits per heavy atom. The van der Waals surface area contributed by atoms with Crippen molar-refractivity contribution in [1.29, 1.82) is 0 Å². The molecule has 0 amide bonds. The topological polar surface area (TPSA) is 18.5 Å². The van der Waals surface area contributed by atoms with Crippen molar-refractivity contribution in [3.05, 3.63) is 0 Å². The van der Waals surface area contributed by atoms with Crippen LogP contribution in [0.4, 0.5) is 0 Å². The minimum absolute atomic E-state index is 0.282. The van der Waals surface area contributed by atoms with E-state index in [1.165, 1.54) is 0 Å². The summed E-state index contributed by atoms with van der Waals surface area (Å²) in [7, 11) is 0. The maximum absolute atomic E-state index is 5.76. The molecular weight excluding hydrogens is 244 g/mol. The van der Waals surface area contributed by atoms with Gasteiger partial charge in [-0.2, -0.15) is 0 Å². The summed E-state index contributed by atoms with van der Waals surface area (Å²) in [5.74, 6) is 0. The van der Waals surface area contributed by atoms with Gasteiger partial charge in [0, 0.05) is 16.8 Å². The highest BCUT2D eigenvalue weighted by atomic mass is 79.9. The Balaban J connectivity index is 2.03. The van der Waals surface area contributed by atoms with E-state index in [0.29, 0.717) is 10.9 Å². The standard InChI is InChI=1S/C11H21BrO2/c1-4-5-13-6-7-14-10-8-9(12)11(10,2)3/h9-10H,4-8H2,1-3H3. The lowest BCUT2D eigenvalue weighted by molar-refractivity contribution is -0.0982. The van der Waals surface area contributed by atoms with Crippen LogP contribution in [0.1, 0.15) is 33.6 Å². The van der Waals surface area contributed by atoms with Gasteiger partial charge in [-0.05, 0) is 12.8 Å². The van der Waals surface area contributed by atoms with E-state index in [2.05, 4.69) is 36.7 Å². The fourth-order valence-electron chi connectivity index (χ4n) is 1.62. The van der Waals surface area contributed by atoms with Gasteiger partial charge in [0.25, 0.3) is 0 Å². The van der Waals surface area contributed by atoms with Gasteiger partial charge in [0.15, 0.2) is 0 Å². The quantitative estimate of drug-likeness (QED) is 0.543. The molecule has 0 aromatic heterocycles. The highest BCUT2D eigenvalue weighted by molar-refractivity contribution is 9.09. The number of ether oxygens (including phenoxy) is 2. The van der Waals surface area contributed by atoms with E-state index in [-0.39, 0.29) is 5.41 Å². The van der Waals surface area contributed by atoms with Gasteiger partial charge >= 0.3 is 0 Å². The molecule has 84 valence electrons. The summed E-state index contributed by atoms with van der Waals surface area (Å²) in [6.07, 6.45) is 2.61. The van der Waals surface area contributed by atoms with Gasteiger partial charge in [0.2, 0.25) is 0 Å². The predicted octanol–water partition coefficient (Wildman–Crippen LogP) is 2.99. The minimum atomic E-state index is 0.282. The van der Waals surface area contributed by atoms with Crippen LogP contribution in [-0.4, -0.2) is 30.8 Å². The first-order chi connectivity index (χ1) is 6.59. The molecule has 1 rings (SSSR count). The van der Waals surface area contributed by atoms with E-state index in [9.17, 15) is 0 Å². The normalized spacial score (nSPS) is 30.0. The Hall–Kier alpha value is 0.400. The Labute approximate surface area is 95.5 Å². The number of alkyl halides is 1. The molecule has 1 aliphatic rings.